The fourth-order valence-electron chi connectivity index (χ4n) is 3.39. The van der Waals surface area contributed by atoms with E-state index in [1.807, 2.05) is 32.0 Å². The van der Waals surface area contributed by atoms with Gasteiger partial charge in [-0.1, -0.05) is 6.07 Å². The highest BCUT2D eigenvalue weighted by Crippen LogP contribution is 2.34. The Morgan fingerprint density at radius 1 is 1.19 bits per heavy atom. The molecule has 1 aromatic carbocycles. The van der Waals surface area contributed by atoms with Crippen LogP contribution in [0.25, 0.3) is 11.1 Å². The lowest BCUT2D eigenvalue weighted by atomic mass is 9.84. The fourth-order valence-corrected chi connectivity index (χ4v) is 3.39. The molecule has 0 spiro atoms. The monoisotopic (exact) mass is 364 g/mol. The number of hydrogen-bond acceptors (Lipinski definition) is 5. The molecule has 6 nitrogen and oxygen atoms in total. The number of amidine groups is 2. The highest BCUT2D eigenvalue weighted by atomic mass is 16.5. The maximum absolute atomic E-state index is 12.1. The lowest BCUT2D eigenvalue weighted by Crippen LogP contribution is -2.37. The molecule has 1 aliphatic heterocycles. The van der Waals surface area contributed by atoms with E-state index in [0.29, 0.717) is 18.1 Å². The Balaban J connectivity index is 2.02. The Labute approximate surface area is 159 Å². The van der Waals surface area contributed by atoms with E-state index in [4.69, 9.17) is 15.6 Å². The number of carbonyl (C=O) groups excluding carboxylic acids is 1. The number of carbonyl (C=O) groups is 1. The molecule has 0 amide bonds. The number of fused-ring (bicyclic) bond motifs is 1. The van der Waals surface area contributed by atoms with Gasteiger partial charge in [0.15, 0.2) is 0 Å². The number of methoxy groups -OCH3 is 1. The van der Waals surface area contributed by atoms with E-state index in [0.717, 1.165) is 34.4 Å². The molecular formula is C21H24N4O2. The van der Waals surface area contributed by atoms with Crippen molar-refractivity contribution in [3.8, 4) is 11.1 Å². The van der Waals surface area contributed by atoms with E-state index < -0.39 is 5.41 Å². The van der Waals surface area contributed by atoms with Crippen LogP contribution in [-0.2, 0) is 21.4 Å². The number of hydrogen-bond donors (Lipinski definition) is 2. The molecule has 0 radical (unpaired) electrons. The molecule has 0 atom stereocenters. The number of nitrogens with one attached hydrogen (secondary N) is 2. The molecule has 140 valence electrons. The number of nitrogens with zero attached hydrogens (tertiary/aromatic N) is 2. The van der Waals surface area contributed by atoms with Gasteiger partial charge in [0.1, 0.15) is 11.7 Å². The summed E-state index contributed by atoms with van der Waals surface area (Å²) in [5.41, 5.74) is 3.93. The van der Waals surface area contributed by atoms with Crippen LogP contribution < -0.4 is 4.90 Å². The van der Waals surface area contributed by atoms with Crippen molar-refractivity contribution in [3.63, 3.8) is 0 Å². The second-order valence-corrected chi connectivity index (χ2v) is 7.29. The molecule has 2 N–H and O–H groups in total. The zero-order chi connectivity index (χ0) is 19.8. The minimum absolute atomic E-state index is 0.303. The first-order chi connectivity index (χ1) is 12.8. The predicted octanol–water partition coefficient (Wildman–Crippen LogP) is 3.93. The van der Waals surface area contributed by atoms with Crippen molar-refractivity contribution in [2.24, 2.45) is 0 Å². The average Bonchev–Trinajstić information content (AvgIpc) is 2.66. The van der Waals surface area contributed by atoms with Gasteiger partial charge in [0, 0.05) is 24.4 Å². The summed E-state index contributed by atoms with van der Waals surface area (Å²) in [5.74, 6) is 0.492. The second kappa shape index (κ2) is 6.95. The van der Waals surface area contributed by atoms with Gasteiger partial charge in [-0.25, -0.2) is 0 Å². The minimum atomic E-state index is -0.783. The number of rotatable bonds is 3. The van der Waals surface area contributed by atoms with Crippen molar-refractivity contribution in [3.05, 3.63) is 47.8 Å². The lowest BCUT2D eigenvalue weighted by Gasteiger charge is -2.31. The van der Waals surface area contributed by atoms with Crippen molar-refractivity contribution >= 4 is 23.3 Å². The number of benzene rings is 1. The Morgan fingerprint density at radius 2 is 1.93 bits per heavy atom. The summed E-state index contributed by atoms with van der Waals surface area (Å²) in [4.78, 5) is 18.1. The number of esters is 1. The van der Waals surface area contributed by atoms with E-state index in [9.17, 15) is 4.79 Å². The molecule has 0 aliphatic carbocycles. The van der Waals surface area contributed by atoms with Crippen molar-refractivity contribution in [2.45, 2.75) is 39.0 Å². The zero-order valence-corrected chi connectivity index (χ0v) is 16.1. The number of aromatic nitrogens is 1. The van der Waals surface area contributed by atoms with Gasteiger partial charge in [-0.3, -0.25) is 25.5 Å². The first kappa shape index (κ1) is 18.8. The third-order valence-corrected chi connectivity index (χ3v) is 5.05. The van der Waals surface area contributed by atoms with Gasteiger partial charge >= 0.3 is 5.97 Å². The Hall–Kier alpha value is -3.02. The van der Waals surface area contributed by atoms with Gasteiger partial charge in [-0.2, -0.15) is 0 Å². The maximum atomic E-state index is 12.1. The second-order valence-electron chi connectivity index (χ2n) is 7.29. The lowest BCUT2D eigenvalue weighted by molar-refractivity contribution is -0.146. The van der Waals surface area contributed by atoms with E-state index in [-0.39, 0.29) is 5.97 Å². The smallest absolute Gasteiger partial charge is 0.315 e. The fraction of sp³-hybridized carbons (Fsp3) is 0.333. The van der Waals surface area contributed by atoms with E-state index in [1.165, 1.54) is 7.11 Å². The van der Waals surface area contributed by atoms with Crippen molar-refractivity contribution in [1.29, 1.82) is 10.8 Å². The van der Waals surface area contributed by atoms with Gasteiger partial charge < -0.3 is 4.74 Å². The molecule has 0 saturated heterocycles. The molecule has 6 heteroatoms. The van der Waals surface area contributed by atoms with Gasteiger partial charge in [0.05, 0.1) is 18.2 Å². The SMILES string of the molecule is COC(=O)C(C)(C)c1cncc(-c2ccc3c(c2)CCC(=N)N3C(C)=N)c1. The third-order valence-electron chi connectivity index (χ3n) is 5.05. The van der Waals surface area contributed by atoms with Gasteiger partial charge in [0.25, 0.3) is 0 Å². The molecule has 0 fully saturated rings. The molecule has 0 saturated carbocycles. The van der Waals surface area contributed by atoms with Crippen LogP contribution >= 0.6 is 0 Å². The maximum Gasteiger partial charge on any atom is 0.315 e. The zero-order valence-electron chi connectivity index (χ0n) is 16.1. The van der Waals surface area contributed by atoms with Crippen LogP contribution in [0.2, 0.25) is 0 Å². The van der Waals surface area contributed by atoms with E-state index in [1.54, 1.807) is 24.2 Å². The number of pyridine rings is 1. The normalized spacial score (nSPS) is 13.9. The van der Waals surface area contributed by atoms with Crippen molar-refractivity contribution < 1.29 is 9.53 Å². The Bertz CT molecular complexity index is 934. The number of anilines is 1. The van der Waals surface area contributed by atoms with Gasteiger partial charge in [0.2, 0.25) is 0 Å². The van der Waals surface area contributed by atoms with Crippen molar-refractivity contribution in [2.75, 3.05) is 12.0 Å². The molecule has 1 aliphatic rings. The molecule has 1 aromatic heterocycles. The topological polar surface area (TPSA) is 90.1 Å². The summed E-state index contributed by atoms with van der Waals surface area (Å²) in [6, 6.07) is 7.98. The molecular weight excluding hydrogens is 340 g/mol. The summed E-state index contributed by atoms with van der Waals surface area (Å²) >= 11 is 0. The van der Waals surface area contributed by atoms with Crippen LogP contribution in [0.3, 0.4) is 0 Å². The van der Waals surface area contributed by atoms with Crippen LogP contribution in [0.4, 0.5) is 5.69 Å². The van der Waals surface area contributed by atoms with Crippen LogP contribution in [-0.4, -0.2) is 29.7 Å². The van der Waals surface area contributed by atoms with Crippen LogP contribution in [0, 0.1) is 10.8 Å². The van der Waals surface area contributed by atoms with E-state index in [2.05, 4.69) is 11.1 Å². The Kier molecular flexibility index (Phi) is 4.83. The summed E-state index contributed by atoms with van der Waals surface area (Å²) in [6.45, 7) is 5.34. The minimum Gasteiger partial charge on any atom is -0.468 e. The molecule has 2 heterocycles. The summed E-state index contributed by atoms with van der Waals surface area (Å²) in [7, 11) is 1.39. The summed E-state index contributed by atoms with van der Waals surface area (Å²) in [6.07, 6.45) is 4.86. The van der Waals surface area contributed by atoms with Crippen LogP contribution in [0.1, 0.15) is 38.3 Å². The molecule has 3 rings (SSSR count). The highest BCUT2D eigenvalue weighted by Gasteiger charge is 2.31. The third kappa shape index (κ3) is 3.35. The molecule has 2 aromatic rings. The first-order valence-electron chi connectivity index (χ1n) is 8.85. The quantitative estimate of drug-likeness (QED) is 0.490. The van der Waals surface area contributed by atoms with E-state index >= 15 is 0 Å². The molecule has 0 bridgehead atoms. The van der Waals surface area contributed by atoms with Gasteiger partial charge in [-0.15, -0.1) is 0 Å². The summed E-state index contributed by atoms with van der Waals surface area (Å²) < 4.78 is 4.92. The molecule has 27 heavy (non-hydrogen) atoms. The van der Waals surface area contributed by atoms with Gasteiger partial charge in [-0.05, 0) is 62.1 Å². The van der Waals surface area contributed by atoms with Crippen LogP contribution in [0.15, 0.2) is 36.7 Å². The average molecular weight is 364 g/mol. The summed E-state index contributed by atoms with van der Waals surface area (Å²) in [5, 5.41) is 16.1. The number of aryl methyl sites for hydroxylation is 1. The highest BCUT2D eigenvalue weighted by molar-refractivity contribution is 6.17. The van der Waals surface area contributed by atoms with Crippen molar-refractivity contribution in [1.82, 2.24) is 4.98 Å². The van der Waals surface area contributed by atoms with Crippen LogP contribution in [0.5, 0.6) is 0 Å². The Morgan fingerprint density at radius 3 is 2.59 bits per heavy atom. The molecule has 0 unspecified atom stereocenters. The standard InChI is InChI=1S/C21H24N4O2/c1-13(22)25-18-7-5-14(9-15(18)6-8-19(25)23)16-10-17(12-24-11-16)21(2,3)20(26)27-4/h5,7,9-12,22-23H,6,8H2,1-4H3. The number of ether oxygens (including phenoxy) is 1. The largest absolute Gasteiger partial charge is 0.468 e. The first-order valence-corrected chi connectivity index (χ1v) is 8.85. The predicted molar refractivity (Wildman–Crippen MR) is 107 cm³/mol.